The first-order chi connectivity index (χ1) is 10.2. The molecule has 2 N–H and O–H groups in total. The molecule has 124 valence electrons. The van der Waals surface area contributed by atoms with Gasteiger partial charge in [-0.2, -0.15) is 0 Å². The predicted molar refractivity (Wildman–Crippen MR) is 77.0 cm³/mol. The zero-order valence-corrected chi connectivity index (χ0v) is 13.3. The van der Waals surface area contributed by atoms with Crippen molar-refractivity contribution in [3.63, 3.8) is 0 Å². The molecule has 1 aromatic heterocycles. The molecule has 7 nitrogen and oxygen atoms in total. The highest BCUT2D eigenvalue weighted by Gasteiger charge is 2.34. The Labute approximate surface area is 129 Å². The van der Waals surface area contributed by atoms with Gasteiger partial charge in [-0.05, 0) is 33.6 Å². The number of nitrogens with zero attached hydrogens (tertiary/aromatic N) is 1. The number of aliphatic hydroxyl groups is 1. The van der Waals surface area contributed by atoms with Crippen LogP contribution >= 0.6 is 0 Å². The molecule has 22 heavy (non-hydrogen) atoms. The second-order valence-corrected chi connectivity index (χ2v) is 6.14. The summed E-state index contributed by atoms with van der Waals surface area (Å²) < 4.78 is 10.1. The van der Waals surface area contributed by atoms with Crippen LogP contribution in [0.25, 0.3) is 0 Å². The van der Waals surface area contributed by atoms with Crippen molar-refractivity contribution in [3.05, 3.63) is 17.5 Å². The number of hydrogen-bond donors (Lipinski definition) is 2. The average Bonchev–Trinajstić information content (AvgIpc) is 2.85. The van der Waals surface area contributed by atoms with Crippen molar-refractivity contribution < 1.29 is 29.1 Å². The number of carbonyl (C=O) groups excluding carboxylic acids is 1. The van der Waals surface area contributed by atoms with Crippen LogP contribution in [-0.4, -0.2) is 32.9 Å². The standard InChI is InChI=1S/C15H23NO6/c1-5-9(12-7-10(8-17)22-16-12)6-11(13(18)19)14(20)21-15(2,3)4/h7,9,11,17H,5-6,8H2,1-4H3,(H,18,19)/t9?,11-/m1/s1. The van der Waals surface area contributed by atoms with E-state index >= 15 is 0 Å². The first-order valence-corrected chi connectivity index (χ1v) is 7.20. The van der Waals surface area contributed by atoms with Crippen LogP contribution < -0.4 is 0 Å². The third-order valence-corrected chi connectivity index (χ3v) is 3.15. The quantitative estimate of drug-likeness (QED) is 0.586. The van der Waals surface area contributed by atoms with Crippen molar-refractivity contribution in [2.75, 3.05) is 0 Å². The van der Waals surface area contributed by atoms with Gasteiger partial charge >= 0.3 is 11.9 Å². The highest BCUT2D eigenvalue weighted by molar-refractivity contribution is 5.94. The van der Waals surface area contributed by atoms with E-state index in [-0.39, 0.29) is 18.9 Å². The van der Waals surface area contributed by atoms with Crippen molar-refractivity contribution in [2.45, 2.75) is 58.7 Å². The fourth-order valence-electron chi connectivity index (χ4n) is 2.05. The smallest absolute Gasteiger partial charge is 0.320 e. The molecule has 7 heteroatoms. The number of carboxylic acid groups (broad SMARTS) is 1. The van der Waals surface area contributed by atoms with Crippen LogP contribution in [0, 0.1) is 5.92 Å². The molecular weight excluding hydrogens is 290 g/mol. The summed E-state index contributed by atoms with van der Waals surface area (Å²) in [5.41, 5.74) is -0.217. The van der Waals surface area contributed by atoms with Crippen molar-refractivity contribution in [2.24, 2.45) is 5.92 Å². The maximum absolute atomic E-state index is 12.1. The normalized spacial score (nSPS) is 14.4. The topological polar surface area (TPSA) is 110 Å². The summed E-state index contributed by atoms with van der Waals surface area (Å²) >= 11 is 0. The van der Waals surface area contributed by atoms with Gasteiger partial charge < -0.3 is 19.5 Å². The van der Waals surface area contributed by atoms with E-state index in [1.807, 2.05) is 6.92 Å². The number of hydrogen-bond acceptors (Lipinski definition) is 6. The monoisotopic (exact) mass is 313 g/mol. The van der Waals surface area contributed by atoms with Gasteiger partial charge in [0.2, 0.25) is 0 Å². The number of rotatable bonds is 7. The molecule has 0 aliphatic carbocycles. The van der Waals surface area contributed by atoms with Gasteiger partial charge in [-0.25, -0.2) is 0 Å². The van der Waals surface area contributed by atoms with Crippen LogP contribution in [0.15, 0.2) is 10.6 Å². The van der Waals surface area contributed by atoms with Crippen molar-refractivity contribution >= 4 is 11.9 Å². The molecule has 0 saturated heterocycles. The van der Waals surface area contributed by atoms with Crippen LogP contribution in [0.5, 0.6) is 0 Å². The molecule has 0 bridgehead atoms. The Morgan fingerprint density at radius 3 is 2.45 bits per heavy atom. The van der Waals surface area contributed by atoms with Gasteiger partial charge in [0, 0.05) is 12.0 Å². The second kappa shape index (κ2) is 7.40. The molecule has 2 atom stereocenters. The van der Waals surface area contributed by atoms with Gasteiger partial charge in [0.1, 0.15) is 12.2 Å². The average molecular weight is 313 g/mol. The van der Waals surface area contributed by atoms with E-state index in [4.69, 9.17) is 14.4 Å². The summed E-state index contributed by atoms with van der Waals surface area (Å²) in [6.45, 7) is 6.65. The number of carboxylic acids is 1. The second-order valence-electron chi connectivity index (χ2n) is 6.14. The lowest BCUT2D eigenvalue weighted by atomic mass is 9.89. The SMILES string of the molecule is CCC(C[C@H](C(=O)O)C(=O)OC(C)(C)C)c1cc(CO)on1. The number of ether oxygens (including phenoxy) is 1. The van der Waals surface area contributed by atoms with E-state index in [0.717, 1.165) is 0 Å². The molecule has 0 spiro atoms. The summed E-state index contributed by atoms with van der Waals surface area (Å²) in [6, 6.07) is 1.57. The number of esters is 1. The molecule has 0 fully saturated rings. The molecule has 1 aromatic rings. The van der Waals surface area contributed by atoms with E-state index in [1.54, 1.807) is 26.8 Å². The summed E-state index contributed by atoms with van der Waals surface area (Å²) in [5, 5.41) is 22.1. The minimum absolute atomic E-state index is 0.0676. The Hall–Kier alpha value is -1.89. The Morgan fingerprint density at radius 2 is 2.05 bits per heavy atom. The Balaban J connectivity index is 2.87. The molecule has 0 saturated carbocycles. The summed E-state index contributed by atoms with van der Waals surface area (Å²) in [4.78, 5) is 23.4. The lowest BCUT2D eigenvalue weighted by molar-refractivity contribution is -0.167. The largest absolute Gasteiger partial charge is 0.481 e. The van der Waals surface area contributed by atoms with Crippen molar-refractivity contribution in [1.82, 2.24) is 5.16 Å². The fourth-order valence-corrected chi connectivity index (χ4v) is 2.05. The molecule has 0 radical (unpaired) electrons. The lowest BCUT2D eigenvalue weighted by Gasteiger charge is -2.23. The van der Waals surface area contributed by atoms with Crippen LogP contribution in [0.3, 0.4) is 0 Å². The van der Waals surface area contributed by atoms with Crippen molar-refractivity contribution in [1.29, 1.82) is 0 Å². The van der Waals surface area contributed by atoms with Gasteiger partial charge in [0.05, 0.1) is 5.69 Å². The van der Waals surface area contributed by atoms with E-state index in [2.05, 4.69) is 5.16 Å². The molecule has 1 heterocycles. The van der Waals surface area contributed by atoms with Crippen LogP contribution in [-0.2, 0) is 20.9 Å². The van der Waals surface area contributed by atoms with Gasteiger partial charge in [0.15, 0.2) is 11.7 Å². The van der Waals surface area contributed by atoms with E-state index in [0.29, 0.717) is 17.9 Å². The highest BCUT2D eigenvalue weighted by Crippen LogP contribution is 2.28. The predicted octanol–water partition coefficient (Wildman–Crippen LogP) is 2.09. The van der Waals surface area contributed by atoms with Crippen molar-refractivity contribution in [3.8, 4) is 0 Å². The Bertz CT molecular complexity index is 516. The molecule has 1 unspecified atom stereocenters. The van der Waals surface area contributed by atoms with Gasteiger partial charge in [-0.15, -0.1) is 0 Å². The summed E-state index contributed by atoms with van der Waals surface area (Å²) in [5.74, 6) is -3.21. The van der Waals surface area contributed by atoms with Gasteiger partial charge in [-0.3, -0.25) is 9.59 Å². The molecule has 0 aliphatic rings. The summed E-state index contributed by atoms with van der Waals surface area (Å²) in [6.07, 6.45) is 0.655. The van der Waals surface area contributed by atoms with E-state index < -0.39 is 23.5 Å². The number of aliphatic hydroxyl groups excluding tert-OH is 1. The first-order valence-electron chi connectivity index (χ1n) is 7.20. The van der Waals surface area contributed by atoms with Crippen LogP contribution in [0.1, 0.15) is 57.9 Å². The minimum Gasteiger partial charge on any atom is -0.481 e. The fraction of sp³-hybridized carbons (Fsp3) is 0.667. The Morgan fingerprint density at radius 1 is 1.41 bits per heavy atom. The Kier molecular flexibility index (Phi) is 6.11. The number of aliphatic carboxylic acids is 1. The molecular formula is C15H23NO6. The van der Waals surface area contributed by atoms with Gasteiger partial charge in [-0.1, -0.05) is 12.1 Å². The zero-order valence-electron chi connectivity index (χ0n) is 13.3. The van der Waals surface area contributed by atoms with Crippen LogP contribution in [0.2, 0.25) is 0 Å². The minimum atomic E-state index is -1.27. The lowest BCUT2D eigenvalue weighted by Crippen LogP contribution is -2.33. The summed E-state index contributed by atoms with van der Waals surface area (Å²) in [7, 11) is 0. The first kappa shape index (κ1) is 18.2. The number of carbonyl (C=O) groups is 2. The molecule has 0 aromatic carbocycles. The third kappa shape index (κ3) is 5.14. The maximum atomic E-state index is 12.1. The molecule has 1 rings (SSSR count). The maximum Gasteiger partial charge on any atom is 0.320 e. The van der Waals surface area contributed by atoms with Crippen LogP contribution in [0.4, 0.5) is 0 Å². The number of aromatic nitrogens is 1. The van der Waals surface area contributed by atoms with E-state index in [1.165, 1.54) is 0 Å². The molecule has 0 amide bonds. The molecule has 0 aliphatic heterocycles. The van der Waals surface area contributed by atoms with E-state index in [9.17, 15) is 14.7 Å². The highest BCUT2D eigenvalue weighted by atomic mass is 16.6. The zero-order chi connectivity index (χ0) is 16.9. The third-order valence-electron chi connectivity index (χ3n) is 3.15. The van der Waals surface area contributed by atoms with Gasteiger partial charge in [0.25, 0.3) is 0 Å².